The number of nitrogens with zero attached hydrogens (tertiary/aromatic N) is 3. The highest BCUT2D eigenvalue weighted by Crippen LogP contribution is 2.29. The van der Waals surface area contributed by atoms with Crippen molar-refractivity contribution >= 4 is 28.3 Å². The van der Waals surface area contributed by atoms with Crippen LogP contribution in [-0.4, -0.2) is 16.5 Å². The van der Waals surface area contributed by atoms with Gasteiger partial charge in [0.15, 0.2) is 0 Å². The Morgan fingerprint density at radius 2 is 2.18 bits per heavy atom. The van der Waals surface area contributed by atoms with Crippen LogP contribution in [0.5, 0.6) is 5.75 Å². The second kappa shape index (κ2) is 8.79. The molecule has 0 atom stereocenters. The maximum Gasteiger partial charge on any atom is 0.270 e. The van der Waals surface area contributed by atoms with E-state index in [1.807, 2.05) is 31.2 Å². The largest absolute Gasteiger partial charge is 0.492 e. The third-order valence-electron chi connectivity index (χ3n) is 3.77. The topological polar surface area (TPSA) is 101 Å². The lowest BCUT2D eigenvalue weighted by molar-refractivity contribution is -0.384. The van der Waals surface area contributed by atoms with Gasteiger partial charge in [0.05, 0.1) is 22.9 Å². The lowest BCUT2D eigenvalue weighted by Gasteiger charge is -2.09. The number of hydrogen-bond donors (Lipinski definition) is 1. The molecule has 0 aliphatic carbocycles. The summed E-state index contributed by atoms with van der Waals surface area (Å²) in [6.07, 6.45) is 1.58. The van der Waals surface area contributed by atoms with Crippen LogP contribution >= 0.6 is 11.3 Å². The van der Waals surface area contributed by atoms with E-state index in [1.54, 1.807) is 23.7 Å². The molecule has 0 aliphatic rings. The minimum absolute atomic E-state index is 0.00250. The van der Waals surface area contributed by atoms with Gasteiger partial charge in [-0.05, 0) is 19.1 Å². The summed E-state index contributed by atoms with van der Waals surface area (Å²) >= 11 is 1.30. The van der Waals surface area contributed by atoms with E-state index in [-0.39, 0.29) is 5.69 Å². The highest BCUT2D eigenvalue weighted by Gasteiger charge is 2.12. The van der Waals surface area contributed by atoms with E-state index in [0.717, 1.165) is 5.69 Å². The van der Waals surface area contributed by atoms with Crippen molar-refractivity contribution in [1.29, 1.82) is 5.26 Å². The molecule has 0 bridgehead atoms. The van der Waals surface area contributed by atoms with Crippen LogP contribution in [0.25, 0.3) is 16.8 Å². The van der Waals surface area contributed by atoms with Crippen molar-refractivity contribution in [1.82, 2.24) is 4.98 Å². The van der Waals surface area contributed by atoms with Gasteiger partial charge in [-0.1, -0.05) is 24.3 Å². The third-order valence-corrected chi connectivity index (χ3v) is 4.64. The molecular formula is C20H16N4O3S. The van der Waals surface area contributed by atoms with Gasteiger partial charge in [0, 0.05) is 29.3 Å². The summed E-state index contributed by atoms with van der Waals surface area (Å²) in [6, 6.07) is 15.8. The average Bonchev–Trinajstić information content (AvgIpc) is 3.20. The van der Waals surface area contributed by atoms with Gasteiger partial charge in [-0.25, -0.2) is 4.98 Å². The monoisotopic (exact) mass is 392 g/mol. The number of anilines is 1. The molecule has 0 unspecified atom stereocenters. The van der Waals surface area contributed by atoms with Crippen molar-refractivity contribution in [2.75, 3.05) is 11.9 Å². The highest BCUT2D eigenvalue weighted by atomic mass is 32.1. The number of nitro groups is 1. The van der Waals surface area contributed by atoms with Crippen LogP contribution in [0.3, 0.4) is 0 Å². The number of benzene rings is 2. The molecule has 0 aliphatic heterocycles. The second-order valence-electron chi connectivity index (χ2n) is 5.59. The Bertz CT molecular complexity index is 1070. The lowest BCUT2D eigenvalue weighted by atomic mass is 10.1. The standard InChI is InChI=1S/C20H16N4O3S/c1-2-27-19-9-4-3-8-17(19)22-12-15(11-21)20-23-18(13-28-20)14-6-5-7-16(10-14)24(25)26/h3-10,12-13,22H,2H2,1H3/b15-12+. The Balaban J connectivity index is 1.85. The molecule has 1 heterocycles. The Hall–Kier alpha value is -3.70. The van der Waals surface area contributed by atoms with Crippen molar-refractivity contribution in [3.05, 3.63) is 75.2 Å². The van der Waals surface area contributed by atoms with E-state index >= 15 is 0 Å². The fraction of sp³-hybridized carbons (Fsp3) is 0.100. The lowest BCUT2D eigenvalue weighted by Crippen LogP contribution is -1.97. The first-order chi connectivity index (χ1) is 13.6. The SMILES string of the molecule is CCOc1ccccc1N/C=C(\C#N)c1nc(-c2cccc([N+](=O)[O-])c2)cs1. The number of thiazole rings is 1. The average molecular weight is 392 g/mol. The number of rotatable bonds is 7. The van der Waals surface area contributed by atoms with Crippen LogP contribution < -0.4 is 10.1 Å². The Morgan fingerprint density at radius 3 is 2.93 bits per heavy atom. The number of nitrogens with one attached hydrogen (secondary N) is 1. The van der Waals surface area contributed by atoms with E-state index in [2.05, 4.69) is 16.4 Å². The first kappa shape index (κ1) is 19.1. The normalized spacial score (nSPS) is 10.9. The molecule has 1 N–H and O–H groups in total. The first-order valence-electron chi connectivity index (χ1n) is 8.41. The summed E-state index contributed by atoms with van der Waals surface area (Å²) in [5.41, 5.74) is 2.31. The number of ether oxygens (including phenoxy) is 1. The summed E-state index contributed by atoms with van der Waals surface area (Å²) in [5.74, 6) is 0.690. The number of nitriles is 1. The molecular weight excluding hydrogens is 376 g/mol. The Labute approximate surface area is 165 Å². The first-order valence-corrected chi connectivity index (χ1v) is 9.29. The molecule has 3 aromatic rings. The van der Waals surface area contributed by atoms with Gasteiger partial charge >= 0.3 is 0 Å². The van der Waals surface area contributed by atoms with Crippen molar-refractivity contribution in [2.24, 2.45) is 0 Å². The molecule has 7 nitrogen and oxygen atoms in total. The fourth-order valence-corrected chi connectivity index (χ4v) is 3.26. The molecule has 0 amide bonds. The van der Waals surface area contributed by atoms with Gasteiger partial charge in [0.1, 0.15) is 22.4 Å². The minimum atomic E-state index is -0.447. The number of nitro benzene ring substituents is 1. The molecule has 8 heteroatoms. The highest BCUT2D eigenvalue weighted by molar-refractivity contribution is 7.11. The van der Waals surface area contributed by atoms with E-state index in [9.17, 15) is 15.4 Å². The molecule has 0 saturated carbocycles. The van der Waals surface area contributed by atoms with Gasteiger partial charge in [0.25, 0.3) is 5.69 Å². The van der Waals surface area contributed by atoms with Crippen molar-refractivity contribution in [3.8, 4) is 23.1 Å². The van der Waals surface area contributed by atoms with Crippen molar-refractivity contribution < 1.29 is 9.66 Å². The maximum absolute atomic E-state index is 11.0. The Kier molecular flexibility index (Phi) is 5.99. The molecule has 140 valence electrons. The van der Waals surface area contributed by atoms with Crippen LogP contribution in [0.4, 0.5) is 11.4 Å². The number of hydrogen-bond acceptors (Lipinski definition) is 7. The number of allylic oxidation sites excluding steroid dienone is 1. The molecule has 2 aromatic carbocycles. The van der Waals surface area contributed by atoms with Gasteiger partial charge in [-0.15, -0.1) is 11.3 Å². The summed E-state index contributed by atoms with van der Waals surface area (Å²) in [5, 5.41) is 25.8. The number of para-hydroxylation sites is 2. The zero-order chi connectivity index (χ0) is 19.9. The molecule has 3 rings (SSSR count). The molecule has 0 spiro atoms. The van der Waals surface area contributed by atoms with Crippen LogP contribution in [0.1, 0.15) is 11.9 Å². The van der Waals surface area contributed by atoms with Crippen molar-refractivity contribution in [2.45, 2.75) is 6.92 Å². The second-order valence-corrected chi connectivity index (χ2v) is 6.45. The molecule has 1 aromatic heterocycles. The van der Waals surface area contributed by atoms with Crippen LogP contribution in [-0.2, 0) is 0 Å². The van der Waals surface area contributed by atoms with Crippen LogP contribution in [0.15, 0.2) is 60.1 Å². The smallest absolute Gasteiger partial charge is 0.270 e. The number of aromatic nitrogens is 1. The Morgan fingerprint density at radius 1 is 1.36 bits per heavy atom. The van der Waals surface area contributed by atoms with Gasteiger partial charge in [-0.3, -0.25) is 10.1 Å². The van der Waals surface area contributed by atoms with Gasteiger partial charge in [0.2, 0.25) is 0 Å². The van der Waals surface area contributed by atoms with Gasteiger partial charge < -0.3 is 10.1 Å². The number of non-ortho nitro benzene ring substituents is 1. The predicted molar refractivity (Wildman–Crippen MR) is 109 cm³/mol. The van der Waals surface area contributed by atoms with E-state index in [4.69, 9.17) is 4.74 Å². The summed E-state index contributed by atoms with van der Waals surface area (Å²) < 4.78 is 5.56. The molecule has 0 fully saturated rings. The fourth-order valence-electron chi connectivity index (χ4n) is 2.47. The summed E-state index contributed by atoms with van der Waals surface area (Å²) in [7, 11) is 0. The molecule has 0 saturated heterocycles. The zero-order valence-electron chi connectivity index (χ0n) is 15.0. The summed E-state index contributed by atoms with van der Waals surface area (Å²) in [4.78, 5) is 15.0. The van der Waals surface area contributed by atoms with Gasteiger partial charge in [-0.2, -0.15) is 5.26 Å². The van der Waals surface area contributed by atoms with E-state index < -0.39 is 4.92 Å². The molecule has 28 heavy (non-hydrogen) atoms. The maximum atomic E-state index is 11.0. The summed E-state index contributed by atoms with van der Waals surface area (Å²) in [6.45, 7) is 2.44. The third kappa shape index (κ3) is 4.34. The quantitative estimate of drug-likeness (QED) is 0.341. The predicted octanol–water partition coefficient (Wildman–Crippen LogP) is 5.09. The molecule has 0 radical (unpaired) electrons. The van der Waals surface area contributed by atoms with E-state index in [1.165, 1.54) is 23.5 Å². The minimum Gasteiger partial charge on any atom is -0.492 e. The zero-order valence-corrected chi connectivity index (χ0v) is 15.8. The van der Waals surface area contributed by atoms with Crippen LogP contribution in [0, 0.1) is 21.4 Å². The van der Waals surface area contributed by atoms with Crippen LogP contribution in [0.2, 0.25) is 0 Å². The van der Waals surface area contributed by atoms with E-state index in [0.29, 0.717) is 34.2 Å². The van der Waals surface area contributed by atoms with Crippen molar-refractivity contribution in [3.63, 3.8) is 0 Å².